The third-order valence-corrected chi connectivity index (χ3v) is 6.49. The van der Waals surface area contributed by atoms with Crippen LogP contribution in [0.3, 0.4) is 0 Å². The number of hydrogen-bond acceptors (Lipinski definition) is 4. The Kier molecular flexibility index (Phi) is 4.27. The molecule has 4 nitrogen and oxygen atoms in total. The van der Waals surface area contributed by atoms with Crippen molar-refractivity contribution in [2.24, 2.45) is 0 Å². The van der Waals surface area contributed by atoms with Crippen molar-refractivity contribution in [1.29, 1.82) is 0 Å². The molecule has 1 heterocycles. The molecule has 1 aliphatic rings. The van der Waals surface area contributed by atoms with E-state index in [1.165, 1.54) is 0 Å². The summed E-state index contributed by atoms with van der Waals surface area (Å²) < 4.78 is 23.8. The van der Waals surface area contributed by atoms with Crippen LogP contribution < -0.4 is 0 Å². The van der Waals surface area contributed by atoms with Gasteiger partial charge in [0.05, 0.1) is 16.1 Å². The van der Waals surface area contributed by atoms with Crippen LogP contribution in [0.25, 0.3) is 0 Å². The highest BCUT2D eigenvalue weighted by Gasteiger charge is 2.45. The van der Waals surface area contributed by atoms with Crippen molar-refractivity contribution in [2.45, 2.75) is 50.9 Å². The highest BCUT2D eigenvalue weighted by molar-refractivity contribution is 7.92. The molecule has 1 rings (SSSR count). The molecule has 0 aromatic rings. The average Bonchev–Trinajstić information content (AvgIpc) is 2.19. The molecular weight excluding hydrogens is 238 g/mol. The molecule has 1 fully saturated rings. The zero-order chi connectivity index (χ0) is 13.3. The Morgan fingerprint density at radius 2 is 1.82 bits per heavy atom. The van der Waals surface area contributed by atoms with E-state index in [1.54, 1.807) is 13.8 Å². The zero-order valence-corrected chi connectivity index (χ0v) is 12.2. The van der Waals surface area contributed by atoms with Crippen LogP contribution in [0.5, 0.6) is 0 Å². The largest absolute Gasteiger partial charge is 0.389 e. The predicted molar refractivity (Wildman–Crippen MR) is 69.8 cm³/mol. The maximum absolute atomic E-state index is 12.2. The monoisotopic (exact) mass is 263 g/mol. The molecule has 0 aliphatic carbocycles. The Hall–Kier alpha value is -0.130. The highest BCUT2D eigenvalue weighted by atomic mass is 32.2. The molecule has 0 unspecified atom stereocenters. The smallest absolute Gasteiger partial charge is 0.158 e. The second kappa shape index (κ2) is 4.86. The Morgan fingerprint density at radius 1 is 1.29 bits per heavy atom. The van der Waals surface area contributed by atoms with Crippen molar-refractivity contribution in [2.75, 3.05) is 25.4 Å². The fourth-order valence-electron chi connectivity index (χ4n) is 2.65. The van der Waals surface area contributed by atoms with Gasteiger partial charge in [-0.1, -0.05) is 13.8 Å². The molecule has 0 aromatic heterocycles. The van der Waals surface area contributed by atoms with Gasteiger partial charge in [-0.15, -0.1) is 0 Å². The maximum atomic E-state index is 12.2. The summed E-state index contributed by atoms with van der Waals surface area (Å²) in [5.41, 5.74) is -0.770. The van der Waals surface area contributed by atoms with Crippen LogP contribution in [-0.4, -0.2) is 54.2 Å². The molecule has 1 saturated heterocycles. The first-order valence-electron chi connectivity index (χ1n) is 6.33. The first kappa shape index (κ1) is 14.9. The molecule has 1 N–H and O–H groups in total. The van der Waals surface area contributed by atoms with E-state index in [4.69, 9.17) is 0 Å². The van der Waals surface area contributed by atoms with Gasteiger partial charge in [0.1, 0.15) is 0 Å². The Labute approximate surface area is 105 Å². The lowest BCUT2D eigenvalue weighted by atomic mass is 10.00. The van der Waals surface area contributed by atoms with E-state index in [0.29, 0.717) is 32.5 Å². The van der Waals surface area contributed by atoms with Crippen LogP contribution in [0.4, 0.5) is 0 Å². The topological polar surface area (TPSA) is 57.6 Å². The predicted octanol–water partition coefficient (Wildman–Crippen LogP) is 1.05. The van der Waals surface area contributed by atoms with Gasteiger partial charge >= 0.3 is 0 Å². The van der Waals surface area contributed by atoms with E-state index < -0.39 is 20.2 Å². The van der Waals surface area contributed by atoms with Gasteiger partial charge in [-0.25, -0.2) is 8.42 Å². The summed E-state index contributed by atoms with van der Waals surface area (Å²) >= 11 is 0. The second-order valence-electron chi connectivity index (χ2n) is 5.73. The molecule has 0 spiro atoms. The molecule has 17 heavy (non-hydrogen) atoms. The molecule has 0 saturated carbocycles. The molecule has 0 aromatic carbocycles. The minimum Gasteiger partial charge on any atom is -0.389 e. The number of sulfone groups is 1. The first-order chi connectivity index (χ1) is 7.66. The van der Waals surface area contributed by atoms with Gasteiger partial charge in [-0.3, -0.25) is 4.90 Å². The summed E-state index contributed by atoms with van der Waals surface area (Å²) in [6, 6.07) is 0. The summed E-state index contributed by atoms with van der Waals surface area (Å²) in [7, 11) is -3.00. The van der Waals surface area contributed by atoms with Gasteiger partial charge in [-0.2, -0.15) is 0 Å². The van der Waals surface area contributed by atoms with Gasteiger partial charge in [0.25, 0.3) is 0 Å². The van der Waals surface area contributed by atoms with Crippen molar-refractivity contribution >= 4 is 9.84 Å². The van der Waals surface area contributed by atoms with Crippen LogP contribution in [0.2, 0.25) is 0 Å². The third kappa shape index (κ3) is 3.20. The zero-order valence-electron chi connectivity index (χ0n) is 11.4. The van der Waals surface area contributed by atoms with E-state index in [9.17, 15) is 13.5 Å². The molecule has 0 bridgehead atoms. The molecule has 0 atom stereocenters. The van der Waals surface area contributed by atoms with Crippen LogP contribution in [-0.2, 0) is 9.84 Å². The van der Waals surface area contributed by atoms with Crippen molar-refractivity contribution in [3.8, 4) is 0 Å². The average molecular weight is 263 g/mol. The molecule has 1 aliphatic heterocycles. The van der Waals surface area contributed by atoms with Gasteiger partial charge < -0.3 is 5.11 Å². The maximum Gasteiger partial charge on any atom is 0.158 e. The minimum absolute atomic E-state index is 0.213. The van der Waals surface area contributed by atoms with E-state index >= 15 is 0 Å². The number of nitrogens with zero attached hydrogens (tertiary/aromatic N) is 1. The number of β-amino-alcohol motifs (C(OH)–C–C–N with tert-alkyl or cyclic N) is 1. The van der Waals surface area contributed by atoms with E-state index in [1.807, 2.05) is 13.8 Å². The van der Waals surface area contributed by atoms with Gasteiger partial charge in [-0.05, 0) is 26.7 Å². The van der Waals surface area contributed by atoms with Gasteiger partial charge in [0.15, 0.2) is 9.84 Å². The minimum atomic E-state index is -3.00. The summed E-state index contributed by atoms with van der Waals surface area (Å²) in [5, 5.41) is 9.82. The lowest BCUT2D eigenvalue weighted by Gasteiger charge is -2.43. The van der Waals surface area contributed by atoms with Crippen LogP contribution >= 0.6 is 0 Å². The quantitative estimate of drug-likeness (QED) is 0.823. The SMILES string of the molecule is CCC1(CC)CN(CC(C)(C)O)CCS1(=O)=O. The highest BCUT2D eigenvalue weighted by Crippen LogP contribution is 2.31. The first-order valence-corrected chi connectivity index (χ1v) is 7.98. The van der Waals surface area contributed by atoms with Crippen LogP contribution in [0, 0.1) is 0 Å². The van der Waals surface area contributed by atoms with Gasteiger partial charge in [0.2, 0.25) is 0 Å². The van der Waals surface area contributed by atoms with Crippen molar-refractivity contribution in [3.05, 3.63) is 0 Å². The summed E-state index contributed by atoms with van der Waals surface area (Å²) in [6.07, 6.45) is 1.29. The number of aliphatic hydroxyl groups is 1. The lowest BCUT2D eigenvalue weighted by Crippen LogP contribution is -2.57. The van der Waals surface area contributed by atoms with Crippen LogP contribution in [0.15, 0.2) is 0 Å². The summed E-state index contributed by atoms with van der Waals surface area (Å²) in [6.45, 7) is 9.01. The standard InChI is InChI=1S/C12H25NO3S/c1-5-12(6-2)10-13(9-11(3,4)14)7-8-17(12,15)16/h14H,5-10H2,1-4H3. The molecule has 102 valence electrons. The van der Waals surface area contributed by atoms with E-state index in [-0.39, 0.29) is 5.75 Å². The van der Waals surface area contributed by atoms with Crippen LogP contribution in [0.1, 0.15) is 40.5 Å². The summed E-state index contributed by atoms with van der Waals surface area (Å²) in [4.78, 5) is 2.08. The Balaban J connectivity index is 2.88. The fourth-order valence-corrected chi connectivity index (χ4v) is 4.84. The molecule has 0 amide bonds. The Bertz CT molecular complexity index is 352. The molecular formula is C12H25NO3S. The Morgan fingerprint density at radius 3 is 2.24 bits per heavy atom. The normalized spacial score (nSPS) is 24.8. The van der Waals surface area contributed by atoms with Crippen molar-refractivity contribution in [1.82, 2.24) is 4.90 Å². The van der Waals surface area contributed by atoms with Crippen molar-refractivity contribution in [3.63, 3.8) is 0 Å². The third-order valence-electron chi connectivity index (χ3n) is 3.75. The van der Waals surface area contributed by atoms with E-state index in [2.05, 4.69) is 4.90 Å². The molecule has 0 radical (unpaired) electrons. The summed E-state index contributed by atoms with van der Waals surface area (Å²) in [5.74, 6) is 0.213. The number of hydrogen-bond donors (Lipinski definition) is 1. The van der Waals surface area contributed by atoms with E-state index in [0.717, 1.165) is 0 Å². The number of rotatable bonds is 4. The molecule has 5 heteroatoms. The van der Waals surface area contributed by atoms with Gasteiger partial charge in [0, 0.05) is 19.6 Å². The fraction of sp³-hybridized carbons (Fsp3) is 1.00. The second-order valence-corrected chi connectivity index (χ2v) is 8.24. The lowest BCUT2D eigenvalue weighted by molar-refractivity contribution is 0.0320. The van der Waals surface area contributed by atoms with Crippen molar-refractivity contribution < 1.29 is 13.5 Å².